The summed E-state index contributed by atoms with van der Waals surface area (Å²) in [6, 6.07) is 19.4. The number of aliphatic carboxylic acids is 1. The van der Waals surface area contributed by atoms with Gasteiger partial charge in [0, 0.05) is 61.2 Å². The lowest BCUT2D eigenvalue weighted by Crippen LogP contribution is -2.52. The predicted octanol–water partition coefficient (Wildman–Crippen LogP) is 6.20. The Bertz CT molecular complexity index is 2030. The largest absolute Gasteiger partial charge is 0.493 e. The van der Waals surface area contributed by atoms with Gasteiger partial charge in [-0.05, 0) is 86.1 Å². The first-order valence-corrected chi connectivity index (χ1v) is 18.5. The molecule has 3 aromatic carbocycles. The summed E-state index contributed by atoms with van der Waals surface area (Å²) in [4.78, 5) is 18.3. The van der Waals surface area contributed by atoms with Gasteiger partial charge in [0.05, 0.1) is 29.9 Å². The van der Waals surface area contributed by atoms with Crippen molar-refractivity contribution < 1.29 is 34.3 Å². The maximum atomic E-state index is 11.8. The van der Waals surface area contributed by atoms with Gasteiger partial charge < -0.3 is 29.5 Å². The van der Waals surface area contributed by atoms with Gasteiger partial charge in [-0.2, -0.15) is 5.26 Å². The van der Waals surface area contributed by atoms with Gasteiger partial charge in [0.15, 0.2) is 0 Å². The number of aliphatic hydroxyl groups excluding tert-OH is 2. The standard InChI is InChI=1S/C42H47ClN4O7/c1-27-31(6-4-7-34(27)35-8-5-9-37(28(35)2)54-26-42(11-12-42)24-47-13-10-33(49)21-47)23-53-39-16-38(52-22-30-14-29(17-44)18-45-19-30)32(15-36(39)43)20-46-41(3,25-48)40(50)51/h4-9,14-16,18-19,33,46,48-49H,10-13,20-26H2,1-3H3,(H,50,51)/t33-,41?/m1/s1. The van der Waals surface area contributed by atoms with Crippen molar-refractivity contribution in [1.29, 1.82) is 5.26 Å². The zero-order chi connectivity index (χ0) is 38.5. The molecule has 0 spiro atoms. The molecule has 2 atom stereocenters. The van der Waals surface area contributed by atoms with Crippen molar-refractivity contribution >= 4 is 17.6 Å². The number of benzene rings is 3. The number of nitrogens with one attached hydrogen (secondary N) is 1. The van der Waals surface area contributed by atoms with Crippen LogP contribution in [0.2, 0.25) is 5.02 Å². The lowest BCUT2D eigenvalue weighted by atomic mass is 9.93. The molecule has 1 unspecified atom stereocenters. The molecule has 2 heterocycles. The molecule has 1 aliphatic heterocycles. The molecule has 284 valence electrons. The van der Waals surface area contributed by atoms with Crippen LogP contribution in [-0.2, 0) is 24.6 Å². The van der Waals surface area contributed by atoms with Crippen LogP contribution in [0.3, 0.4) is 0 Å². The van der Waals surface area contributed by atoms with E-state index in [4.69, 9.17) is 25.8 Å². The van der Waals surface area contributed by atoms with Gasteiger partial charge in [-0.3, -0.25) is 20.0 Å². The first-order valence-electron chi connectivity index (χ1n) is 18.2. The van der Waals surface area contributed by atoms with E-state index in [1.54, 1.807) is 24.4 Å². The molecule has 1 aliphatic carbocycles. The van der Waals surface area contributed by atoms with E-state index < -0.39 is 18.1 Å². The number of nitrogens with zero attached hydrogens (tertiary/aromatic N) is 3. The molecule has 0 amide bonds. The van der Waals surface area contributed by atoms with Gasteiger partial charge in [-0.15, -0.1) is 0 Å². The second-order valence-corrected chi connectivity index (χ2v) is 15.2. The summed E-state index contributed by atoms with van der Waals surface area (Å²) in [7, 11) is 0. The van der Waals surface area contributed by atoms with Crippen LogP contribution >= 0.6 is 11.6 Å². The van der Waals surface area contributed by atoms with Crippen molar-refractivity contribution in [2.45, 2.75) is 71.4 Å². The maximum Gasteiger partial charge on any atom is 0.326 e. The monoisotopic (exact) mass is 754 g/mol. The van der Waals surface area contributed by atoms with Gasteiger partial charge in [0.25, 0.3) is 0 Å². The van der Waals surface area contributed by atoms with Crippen LogP contribution < -0.4 is 19.5 Å². The molecule has 1 saturated carbocycles. The highest BCUT2D eigenvalue weighted by atomic mass is 35.5. The van der Waals surface area contributed by atoms with Crippen LogP contribution in [0.25, 0.3) is 11.1 Å². The third-order valence-electron chi connectivity index (χ3n) is 10.6. The van der Waals surface area contributed by atoms with Crippen LogP contribution in [0.1, 0.15) is 59.6 Å². The second kappa shape index (κ2) is 16.8. The number of carbonyl (C=O) groups is 1. The Morgan fingerprint density at radius 3 is 2.44 bits per heavy atom. The van der Waals surface area contributed by atoms with E-state index in [-0.39, 0.29) is 31.3 Å². The summed E-state index contributed by atoms with van der Waals surface area (Å²) in [6.45, 7) is 8.56. The lowest BCUT2D eigenvalue weighted by molar-refractivity contribution is -0.145. The van der Waals surface area contributed by atoms with Gasteiger partial charge in [0.2, 0.25) is 0 Å². The molecule has 2 aliphatic rings. The van der Waals surface area contributed by atoms with Crippen LogP contribution in [-0.4, -0.2) is 75.7 Å². The molecule has 6 rings (SSSR count). The Morgan fingerprint density at radius 1 is 1.02 bits per heavy atom. The molecular weight excluding hydrogens is 708 g/mol. The van der Waals surface area contributed by atoms with E-state index in [0.29, 0.717) is 39.8 Å². The third-order valence-corrected chi connectivity index (χ3v) is 10.9. The normalized spacial score (nSPS) is 17.4. The van der Waals surface area contributed by atoms with E-state index in [2.05, 4.69) is 47.3 Å². The summed E-state index contributed by atoms with van der Waals surface area (Å²) in [5.41, 5.74) is 5.42. The number of carboxylic acid groups (broad SMARTS) is 1. The van der Waals surface area contributed by atoms with E-state index in [1.807, 2.05) is 24.3 Å². The minimum Gasteiger partial charge on any atom is -0.493 e. The minimum atomic E-state index is -1.59. The molecule has 11 nitrogen and oxygen atoms in total. The highest BCUT2D eigenvalue weighted by molar-refractivity contribution is 6.32. The van der Waals surface area contributed by atoms with Crippen LogP contribution in [0.4, 0.5) is 0 Å². The van der Waals surface area contributed by atoms with Crippen molar-refractivity contribution in [2.24, 2.45) is 5.41 Å². The average molecular weight is 755 g/mol. The number of likely N-dealkylation sites (tertiary alicyclic amines) is 1. The molecule has 4 N–H and O–H groups in total. The number of ether oxygens (including phenoxy) is 3. The molecule has 0 bridgehead atoms. The fourth-order valence-corrected chi connectivity index (χ4v) is 7.01. The first-order chi connectivity index (χ1) is 25.9. The number of pyridine rings is 1. The Kier molecular flexibility index (Phi) is 12.1. The fourth-order valence-electron chi connectivity index (χ4n) is 6.77. The number of nitriles is 1. The Morgan fingerprint density at radius 2 is 1.76 bits per heavy atom. The summed E-state index contributed by atoms with van der Waals surface area (Å²) in [5.74, 6) is 0.426. The van der Waals surface area contributed by atoms with E-state index in [1.165, 1.54) is 13.1 Å². The number of hydrogen-bond donors (Lipinski definition) is 4. The Balaban J connectivity index is 1.18. The van der Waals surface area contributed by atoms with Crippen molar-refractivity contribution in [1.82, 2.24) is 15.2 Å². The zero-order valence-electron chi connectivity index (χ0n) is 30.9. The highest BCUT2D eigenvalue weighted by Crippen LogP contribution is 2.47. The summed E-state index contributed by atoms with van der Waals surface area (Å²) < 4.78 is 19.0. The first kappa shape index (κ1) is 39.0. The van der Waals surface area contributed by atoms with Crippen molar-refractivity contribution in [3.05, 3.63) is 105 Å². The lowest BCUT2D eigenvalue weighted by Gasteiger charge is -2.25. The third kappa shape index (κ3) is 9.14. The smallest absolute Gasteiger partial charge is 0.326 e. The number of halogens is 1. The van der Waals surface area contributed by atoms with Crippen molar-refractivity contribution in [2.75, 3.05) is 32.8 Å². The molecule has 2 fully saturated rings. The molecule has 1 aromatic heterocycles. The molecule has 54 heavy (non-hydrogen) atoms. The summed E-state index contributed by atoms with van der Waals surface area (Å²) in [5, 5.41) is 41.9. The number of hydrogen-bond acceptors (Lipinski definition) is 10. The number of carboxylic acids is 1. The number of aromatic nitrogens is 1. The maximum absolute atomic E-state index is 11.8. The van der Waals surface area contributed by atoms with Crippen molar-refractivity contribution in [3.63, 3.8) is 0 Å². The predicted molar refractivity (Wildman–Crippen MR) is 205 cm³/mol. The number of rotatable bonds is 17. The van der Waals surface area contributed by atoms with Crippen LogP contribution in [0.15, 0.2) is 67.0 Å². The Hall–Kier alpha value is -4.70. The average Bonchev–Trinajstić information content (AvgIpc) is 3.81. The fraction of sp³-hybridized carbons (Fsp3) is 0.405. The molecule has 12 heteroatoms. The van der Waals surface area contributed by atoms with Gasteiger partial charge in [-0.1, -0.05) is 41.9 Å². The van der Waals surface area contributed by atoms with Crippen molar-refractivity contribution in [3.8, 4) is 34.4 Å². The second-order valence-electron chi connectivity index (χ2n) is 14.8. The Labute approximate surface area is 321 Å². The zero-order valence-corrected chi connectivity index (χ0v) is 31.7. The molecule has 1 saturated heterocycles. The van der Waals surface area contributed by atoms with E-state index >= 15 is 0 Å². The van der Waals surface area contributed by atoms with Crippen LogP contribution in [0, 0.1) is 30.6 Å². The SMILES string of the molecule is Cc1c(COc2cc(OCc3cncc(C#N)c3)c(CNC(C)(CO)C(=O)O)cc2Cl)cccc1-c1cccc(OCC2(CN3CC[C@@H](O)C3)CC2)c1C. The summed E-state index contributed by atoms with van der Waals surface area (Å²) in [6.07, 6.45) is 5.96. The summed E-state index contributed by atoms with van der Waals surface area (Å²) >= 11 is 6.75. The molecule has 4 aromatic rings. The topological polar surface area (TPSA) is 157 Å². The van der Waals surface area contributed by atoms with Gasteiger partial charge in [-0.25, -0.2) is 0 Å². The number of β-amino-alcohol motifs (C(OH)–C–C–N with tert-alkyl or cyclic N) is 1. The van der Waals surface area contributed by atoms with E-state index in [9.17, 15) is 25.4 Å². The number of aliphatic hydroxyl groups is 2. The highest BCUT2D eigenvalue weighted by Gasteiger charge is 2.45. The van der Waals surface area contributed by atoms with E-state index in [0.717, 1.165) is 72.5 Å². The van der Waals surface area contributed by atoms with Crippen LogP contribution in [0.5, 0.6) is 17.2 Å². The minimum absolute atomic E-state index is 0.0298. The quantitative estimate of drug-likeness (QED) is 0.0974. The molecular formula is C42H47ClN4O7. The van der Waals surface area contributed by atoms with Gasteiger partial charge >= 0.3 is 5.97 Å². The van der Waals surface area contributed by atoms with Gasteiger partial charge in [0.1, 0.15) is 42.1 Å². The molecule has 0 radical (unpaired) electrons.